The predicted molar refractivity (Wildman–Crippen MR) is 49.0 cm³/mol. The maximum Gasteiger partial charge on any atom is 0.278 e. The Morgan fingerprint density at radius 1 is 1.64 bits per heavy atom. The summed E-state index contributed by atoms with van der Waals surface area (Å²) in [5.41, 5.74) is -0.948. The molecule has 74 valence electrons. The molecule has 1 heterocycles. The molecular formula is C8H5BrF2N2O. The summed E-state index contributed by atoms with van der Waals surface area (Å²) in [6.45, 7) is 0. The van der Waals surface area contributed by atoms with E-state index in [1.165, 1.54) is 0 Å². The molecule has 0 saturated carbocycles. The number of pyridine rings is 1. The summed E-state index contributed by atoms with van der Waals surface area (Å²) >= 11 is 2.96. The van der Waals surface area contributed by atoms with E-state index in [4.69, 9.17) is 5.26 Å². The van der Waals surface area contributed by atoms with Crippen LogP contribution in [0.2, 0.25) is 0 Å². The molecule has 0 aliphatic rings. The van der Waals surface area contributed by atoms with Gasteiger partial charge in [0.05, 0.1) is 18.2 Å². The van der Waals surface area contributed by atoms with Crippen molar-refractivity contribution in [1.82, 2.24) is 4.98 Å². The minimum Gasteiger partial charge on any atom is -0.321 e. The predicted octanol–water partition coefficient (Wildman–Crippen LogP) is 2.14. The Hall–Kier alpha value is -1.22. The third kappa shape index (κ3) is 2.17. The SMILES string of the molecule is N#CCc1c(Br)cc(C(F)F)[nH]c1=O. The third-order valence-corrected chi connectivity index (χ3v) is 2.30. The Kier molecular flexibility index (Phi) is 3.36. The van der Waals surface area contributed by atoms with Crippen LogP contribution in [0, 0.1) is 11.3 Å². The van der Waals surface area contributed by atoms with E-state index in [-0.39, 0.29) is 16.5 Å². The molecule has 0 spiro atoms. The van der Waals surface area contributed by atoms with Crippen LogP contribution in [0.15, 0.2) is 15.3 Å². The number of alkyl halides is 2. The standard InChI is InChI=1S/C8H5BrF2N2O/c9-5-3-6(7(10)11)13-8(14)4(5)1-2-12/h3,7H,1H2,(H,13,14). The molecule has 0 atom stereocenters. The molecule has 14 heavy (non-hydrogen) atoms. The van der Waals surface area contributed by atoms with E-state index < -0.39 is 17.7 Å². The number of hydrogen-bond acceptors (Lipinski definition) is 2. The monoisotopic (exact) mass is 262 g/mol. The fraction of sp³-hybridized carbons (Fsp3) is 0.250. The van der Waals surface area contributed by atoms with E-state index in [9.17, 15) is 13.6 Å². The number of aromatic amines is 1. The molecule has 0 saturated heterocycles. The maximum atomic E-state index is 12.2. The third-order valence-electron chi connectivity index (χ3n) is 1.59. The Bertz CT molecular complexity index is 436. The molecule has 3 nitrogen and oxygen atoms in total. The minimum absolute atomic E-state index is 0.112. The van der Waals surface area contributed by atoms with Gasteiger partial charge in [0.1, 0.15) is 0 Å². The van der Waals surface area contributed by atoms with Crippen LogP contribution in [0.5, 0.6) is 0 Å². The largest absolute Gasteiger partial charge is 0.321 e. The summed E-state index contributed by atoms with van der Waals surface area (Å²) in [5.74, 6) is 0. The van der Waals surface area contributed by atoms with Crippen LogP contribution in [0.3, 0.4) is 0 Å². The van der Waals surface area contributed by atoms with Gasteiger partial charge in [-0.3, -0.25) is 4.79 Å². The van der Waals surface area contributed by atoms with Gasteiger partial charge in [-0.1, -0.05) is 15.9 Å². The van der Waals surface area contributed by atoms with Gasteiger partial charge in [-0.15, -0.1) is 0 Å². The quantitative estimate of drug-likeness (QED) is 0.888. The molecule has 1 rings (SSSR count). The summed E-state index contributed by atoms with van der Waals surface area (Å²) in [4.78, 5) is 13.2. The van der Waals surface area contributed by atoms with E-state index in [1.54, 1.807) is 6.07 Å². The smallest absolute Gasteiger partial charge is 0.278 e. The zero-order chi connectivity index (χ0) is 10.7. The highest BCUT2D eigenvalue weighted by atomic mass is 79.9. The van der Waals surface area contributed by atoms with Crippen molar-refractivity contribution in [2.75, 3.05) is 0 Å². The average Bonchev–Trinajstić information content (AvgIpc) is 2.10. The summed E-state index contributed by atoms with van der Waals surface area (Å²) in [5, 5.41) is 8.38. The van der Waals surface area contributed by atoms with Crippen molar-refractivity contribution in [2.24, 2.45) is 0 Å². The second-order valence-corrected chi connectivity index (χ2v) is 3.37. The van der Waals surface area contributed by atoms with E-state index in [2.05, 4.69) is 15.9 Å². The van der Waals surface area contributed by atoms with E-state index in [1.807, 2.05) is 4.98 Å². The number of nitriles is 1. The molecule has 0 amide bonds. The number of rotatable bonds is 2. The molecule has 0 unspecified atom stereocenters. The molecule has 0 radical (unpaired) electrons. The number of nitrogens with zero attached hydrogens (tertiary/aromatic N) is 1. The minimum atomic E-state index is -2.73. The average molecular weight is 263 g/mol. The number of hydrogen-bond donors (Lipinski definition) is 1. The second kappa shape index (κ2) is 4.33. The number of halogens is 3. The number of H-pyrrole nitrogens is 1. The normalized spacial score (nSPS) is 10.2. The Morgan fingerprint density at radius 2 is 2.29 bits per heavy atom. The highest BCUT2D eigenvalue weighted by molar-refractivity contribution is 9.10. The molecule has 0 aliphatic carbocycles. The number of aromatic nitrogens is 1. The summed E-state index contributed by atoms with van der Waals surface area (Å²) in [7, 11) is 0. The van der Waals surface area contributed by atoms with Crippen LogP contribution >= 0.6 is 15.9 Å². The Labute approximate surface area is 86.5 Å². The van der Waals surface area contributed by atoms with E-state index >= 15 is 0 Å². The van der Waals surface area contributed by atoms with Gasteiger partial charge in [0.25, 0.3) is 12.0 Å². The summed E-state index contributed by atoms with van der Waals surface area (Å²) in [6, 6.07) is 2.89. The zero-order valence-electron chi connectivity index (χ0n) is 6.85. The van der Waals surface area contributed by atoms with Crippen LogP contribution < -0.4 is 5.56 Å². The lowest BCUT2D eigenvalue weighted by atomic mass is 10.2. The number of nitrogens with one attached hydrogen (secondary N) is 1. The van der Waals surface area contributed by atoms with E-state index in [0.29, 0.717) is 0 Å². The Morgan fingerprint density at radius 3 is 2.71 bits per heavy atom. The van der Waals surface area contributed by atoms with Gasteiger partial charge in [0.15, 0.2) is 0 Å². The van der Waals surface area contributed by atoms with Crippen molar-refractivity contribution >= 4 is 15.9 Å². The molecule has 0 aliphatic heterocycles. The first kappa shape index (κ1) is 10.9. The zero-order valence-corrected chi connectivity index (χ0v) is 8.44. The molecule has 0 fully saturated rings. The molecule has 1 aromatic rings. The van der Waals surface area contributed by atoms with Crippen LogP contribution in [0.1, 0.15) is 17.7 Å². The van der Waals surface area contributed by atoms with Crippen LogP contribution in [-0.2, 0) is 6.42 Å². The molecule has 0 aromatic carbocycles. The molecule has 0 bridgehead atoms. The first-order chi connectivity index (χ1) is 6.56. The van der Waals surface area contributed by atoms with Crippen molar-refractivity contribution in [2.45, 2.75) is 12.8 Å². The first-order valence-electron chi connectivity index (χ1n) is 3.63. The van der Waals surface area contributed by atoms with E-state index in [0.717, 1.165) is 6.07 Å². The highest BCUT2D eigenvalue weighted by Gasteiger charge is 2.13. The van der Waals surface area contributed by atoms with Crippen molar-refractivity contribution < 1.29 is 8.78 Å². The lowest BCUT2D eigenvalue weighted by Gasteiger charge is -2.03. The van der Waals surface area contributed by atoms with Gasteiger partial charge in [-0.25, -0.2) is 8.78 Å². The highest BCUT2D eigenvalue weighted by Crippen LogP contribution is 2.20. The van der Waals surface area contributed by atoms with Crippen molar-refractivity contribution in [3.05, 3.63) is 32.2 Å². The topological polar surface area (TPSA) is 56.6 Å². The van der Waals surface area contributed by atoms with Gasteiger partial charge in [0, 0.05) is 10.0 Å². The van der Waals surface area contributed by atoms with Crippen LogP contribution in [0.25, 0.3) is 0 Å². The first-order valence-corrected chi connectivity index (χ1v) is 4.42. The van der Waals surface area contributed by atoms with Crippen molar-refractivity contribution in [1.29, 1.82) is 5.26 Å². The maximum absolute atomic E-state index is 12.2. The lowest BCUT2D eigenvalue weighted by Crippen LogP contribution is -2.15. The van der Waals surface area contributed by atoms with Crippen molar-refractivity contribution in [3.63, 3.8) is 0 Å². The molecule has 6 heteroatoms. The van der Waals surface area contributed by atoms with Crippen LogP contribution in [0.4, 0.5) is 8.78 Å². The van der Waals surface area contributed by atoms with Crippen LogP contribution in [-0.4, -0.2) is 4.98 Å². The molecule has 1 N–H and O–H groups in total. The fourth-order valence-electron chi connectivity index (χ4n) is 0.936. The molecular weight excluding hydrogens is 258 g/mol. The fourth-order valence-corrected chi connectivity index (χ4v) is 1.50. The summed E-state index contributed by atoms with van der Waals surface area (Å²) < 4.78 is 24.6. The molecule has 1 aromatic heterocycles. The lowest BCUT2D eigenvalue weighted by molar-refractivity contribution is 0.145. The second-order valence-electron chi connectivity index (χ2n) is 2.52. The van der Waals surface area contributed by atoms with Gasteiger partial charge >= 0.3 is 0 Å². The van der Waals surface area contributed by atoms with Crippen molar-refractivity contribution in [3.8, 4) is 6.07 Å². The summed E-state index contributed by atoms with van der Waals surface area (Å²) in [6.07, 6.45) is -2.84. The Balaban J connectivity index is 3.27. The van der Waals surface area contributed by atoms with Gasteiger partial charge in [0.2, 0.25) is 0 Å². The van der Waals surface area contributed by atoms with Gasteiger partial charge in [-0.05, 0) is 6.07 Å². The van der Waals surface area contributed by atoms with Gasteiger partial charge in [-0.2, -0.15) is 5.26 Å². The van der Waals surface area contributed by atoms with Gasteiger partial charge < -0.3 is 4.98 Å².